The summed E-state index contributed by atoms with van der Waals surface area (Å²) >= 11 is 6.51. The van der Waals surface area contributed by atoms with Gasteiger partial charge >= 0.3 is 5.97 Å². The zero-order valence-electron chi connectivity index (χ0n) is 20.3. The SMILES string of the molecule is CCCN1C(=O)/C(=C/c2c(N3CCNC(=O)[C@H]3CC(=O)OCC)nc3ccc(C)cn3c2=O)SC1=S. The Hall–Kier alpha value is -3.25. The number of amides is 2. The Morgan fingerprint density at radius 2 is 2.08 bits per heavy atom. The van der Waals surface area contributed by atoms with Gasteiger partial charge in [0.25, 0.3) is 11.5 Å². The first kappa shape index (κ1) is 25.8. The minimum absolute atomic E-state index is 0.152. The van der Waals surface area contributed by atoms with Crippen LogP contribution < -0.4 is 15.8 Å². The van der Waals surface area contributed by atoms with Gasteiger partial charge in [-0.3, -0.25) is 28.5 Å². The number of esters is 1. The van der Waals surface area contributed by atoms with E-state index in [0.29, 0.717) is 34.5 Å². The monoisotopic (exact) mass is 529 g/mol. The summed E-state index contributed by atoms with van der Waals surface area (Å²) in [5.74, 6) is -0.931. The summed E-state index contributed by atoms with van der Waals surface area (Å²) < 4.78 is 6.92. The molecule has 1 N–H and O–H groups in total. The van der Waals surface area contributed by atoms with Gasteiger partial charge in [-0.05, 0) is 38.0 Å². The quantitative estimate of drug-likeness (QED) is 0.326. The number of aryl methyl sites for hydroxylation is 1. The predicted molar refractivity (Wildman–Crippen MR) is 142 cm³/mol. The van der Waals surface area contributed by atoms with Crippen molar-refractivity contribution in [3.05, 3.63) is 44.7 Å². The van der Waals surface area contributed by atoms with Crippen LogP contribution in [0.25, 0.3) is 11.7 Å². The number of anilines is 1. The lowest BCUT2D eigenvalue weighted by Gasteiger charge is -2.36. The zero-order valence-corrected chi connectivity index (χ0v) is 21.9. The maximum atomic E-state index is 13.7. The molecule has 2 amide bonds. The van der Waals surface area contributed by atoms with Crippen molar-refractivity contribution in [3.8, 4) is 0 Å². The third-order valence-corrected chi connectivity index (χ3v) is 7.23. The van der Waals surface area contributed by atoms with Crippen molar-refractivity contribution in [3.63, 3.8) is 0 Å². The highest BCUT2D eigenvalue weighted by Crippen LogP contribution is 2.34. The summed E-state index contributed by atoms with van der Waals surface area (Å²) in [4.78, 5) is 60.1. The standard InChI is InChI=1S/C24H27N5O5S2/c1-4-9-28-23(33)17(36-24(28)35)11-15-20(26-18-7-6-14(3)13-29(18)22(15)32)27-10-8-25-21(31)16(27)12-19(30)34-5-2/h6-7,11,13,16H,4-5,8-10,12H2,1-3H3,(H,25,31)/b17-11-/t16-/m1/s1. The van der Waals surface area contributed by atoms with Gasteiger partial charge in [0.05, 0.1) is 23.5 Å². The molecule has 2 aliphatic rings. The molecule has 4 rings (SSSR count). The number of thiocarbonyl (C=S) groups is 1. The zero-order chi connectivity index (χ0) is 26.0. The molecule has 2 aliphatic heterocycles. The lowest BCUT2D eigenvalue weighted by atomic mass is 10.1. The van der Waals surface area contributed by atoms with Gasteiger partial charge < -0.3 is 15.0 Å². The van der Waals surface area contributed by atoms with E-state index in [1.165, 1.54) is 15.4 Å². The molecule has 2 saturated heterocycles. The van der Waals surface area contributed by atoms with E-state index in [9.17, 15) is 19.2 Å². The van der Waals surface area contributed by atoms with Gasteiger partial charge in [0.1, 0.15) is 21.8 Å². The van der Waals surface area contributed by atoms with E-state index in [-0.39, 0.29) is 41.8 Å². The number of rotatable bonds is 7. The lowest BCUT2D eigenvalue weighted by Crippen LogP contribution is -2.57. The molecule has 0 saturated carbocycles. The summed E-state index contributed by atoms with van der Waals surface area (Å²) in [6, 6.07) is 2.63. The first-order valence-electron chi connectivity index (χ1n) is 11.7. The second kappa shape index (κ2) is 10.8. The molecule has 4 heterocycles. The molecule has 12 heteroatoms. The van der Waals surface area contributed by atoms with Crippen LogP contribution in [0.2, 0.25) is 0 Å². The molecule has 10 nitrogen and oxygen atoms in total. The molecule has 0 unspecified atom stereocenters. The fraction of sp³-hybridized carbons (Fsp3) is 0.417. The van der Waals surface area contributed by atoms with Gasteiger partial charge in [-0.1, -0.05) is 37.0 Å². The molecule has 0 spiro atoms. The van der Waals surface area contributed by atoms with Crippen LogP contribution in [0.4, 0.5) is 5.82 Å². The largest absolute Gasteiger partial charge is 0.466 e. The van der Waals surface area contributed by atoms with Crippen molar-refractivity contribution in [2.75, 3.05) is 31.1 Å². The van der Waals surface area contributed by atoms with Crippen molar-refractivity contribution in [2.24, 2.45) is 0 Å². The minimum atomic E-state index is -0.917. The Morgan fingerprint density at radius 1 is 1.31 bits per heavy atom. The highest BCUT2D eigenvalue weighted by Gasteiger charge is 2.36. The molecule has 0 radical (unpaired) electrons. The van der Waals surface area contributed by atoms with Crippen molar-refractivity contribution >= 4 is 63.6 Å². The second-order valence-corrected chi connectivity index (χ2v) is 10.1. The van der Waals surface area contributed by atoms with Crippen LogP contribution in [0.1, 0.15) is 37.8 Å². The molecule has 2 aromatic rings. The van der Waals surface area contributed by atoms with E-state index >= 15 is 0 Å². The summed E-state index contributed by atoms with van der Waals surface area (Å²) in [5, 5.41) is 2.77. The maximum Gasteiger partial charge on any atom is 0.308 e. The van der Waals surface area contributed by atoms with E-state index in [4.69, 9.17) is 21.9 Å². The molecule has 0 aromatic carbocycles. The number of aromatic nitrogens is 2. The van der Waals surface area contributed by atoms with Crippen LogP contribution in [0.5, 0.6) is 0 Å². The van der Waals surface area contributed by atoms with Crippen LogP contribution >= 0.6 is 24.0 Å². The smallest absolute Gasteiger partial charge is 0.308 e. The van der Waals surface area contributed by atoms with Crippen molar-refractivity contribution in [2.45, 2.75) is 39.7 Å². The number of piperazine rings is 1. The predicted octanol–water partition coefficient (Wildman–Crippen LogP) is 1.87. The molecule has 1 atom stereocenters. The van der Waals surface area contributed by atoms with E-state index in [2.05, 4.69) is 5.32 Å². The lowest BCUT2D eigenvalue weighted by molar-refractivity contribution is -0.145. The highest BCUT2D eigenvalue weighted by molar-refractivity contribution is 8.26. The number of carbonyl (C=O) groups excluding carboxylic acids is 3. The Morgan fingerprint density at radius 3 is 2.81 bits per heavy atom. The number of pyridine rings is 1. The Labute approximate surface area is 217 Å². The van der Waals surface area contributed by atoms with Crippen molar-refractivity contribution < 1.29 is 19.1 Å². The molecule has 36 heavy (non-hydrogen) atoms. The number of hydrogen-bond acceptors (Lipinski definition) is 9. The summed E-state index contributed by atoms with van der Waals surface area (Å²) in [5.41, 5.74) is 1.01. The van der Waals surface area contributed by atoms with Gasteiger partial charge in [0, 0.05) is 25.8 Å². The van der Waals surface area contributed by atoms with E-state index in [0.717, 1.165) is 23.7 Å². The van der Waals surface area contributed by atoms with Crippen LogP contribution in [-0.4, -0.2) is 68.7 Å². The third kappa shape index (κ3) is 5.00. The van der Waals surface area contributed by atoms with Gasteiger partial charge in [-0.15, -0.1) is 0 Å². The van der Waals surface area contributed by atoms with E-state index in [1.54, 1.807) is 24.1 Å². The number of nitrogens with zero attached hydrogens (tertiary/aromatic N) is 4. The average molecular weight is 530 g/mol. The number of carbonyl (C=O) groups is 3. The summed E-state index contributed by atoms with van der Waals surface area (Å²) in [6.45, 7) is 6.81. The molecule has 2 fully saturated rings. The second-order valence-electron chi connectivity index (χ2n) is 8.43. The number of thioether (sulfide) groups is 1. The van der Waals surface area contributed by atoms with E-state index < -0.39 is 12.0 Å². The first-order valence-corrected chi connectivity index (χ1v) is 13.0. The van der Waals surface area contributed by atoms with Crippen molar-refractivity contribution in [1.82, 2.24) is 19.6 Å². The number of fused-ring (bicyclic) bond motifs is 1. The fourth-order valence-electron chi connectivity index (χ4n) is 4.19. The van der Waals surface area contributed by atoms with Crippen LogP contribution in [-0.2, 0) is 19.1 Å². The average Bonchev–Trinajstić information content (AvgIpc) is 3.10. The molecule has 190 valence electrons. The van der Waals surface area contributed by atoms with Gasteiger partial charge in [0.15, 0.2) is 0 Å². The highest BCUT2D eigenvalue weighted by atomic mass is 32.2. The molecule has 0 bridgehead atoms. The minimum Gasteiger partial charge on any atom is -0.466 e. The third-order valence-electron chi connectivity index (χ3n) is 5.85. The first-order chi connectivity index (χ1) is 17.2. The van der Waals surface area contributed by atoms with E-state index in [1.807, 2.05) is 19.9 Å². The Kier molecular flexibility index (Phi) is 7.74. The number of hydrogen-bond donors (Lipinski definition) is 1. The van der Waals surface area contributed by atoms with Gasteiger partial charge in [-0.2, -0.15) is 0 Å². The van der Waals surface area contributed by atoms with Crippen LogP contribution in [0, 0.1) is 6.92 Å². The molecular weight excluding hydrogens is 502 g/mol. The number of ether oxygens (including phenoxy) is 1. The fourth-order valence-corrected chi connectivity index (χ4v) is 5.48. The maximum absolute atomic E-state index is 13.7. The Balaban J connectivity index is 1.88. The van der Waals surface area contributed by atoms with Gasteiger partial charge in [-0.25, -0.2) is 4.98 Å². The molecule has 0 aliphatic carbocycles. The number of nitrogens with one attached hydrogen (secondary N) is 1. The normalized spacial score (nSPS) is 19.4. The van der Waals surface area contributed by atoms with Crippen LogP contribution in [0.15, 0.2) is 28.0 Å². The molecule has 2 aromatic heterocycles. The van der Waals surface area contributed by atoms with Crippen LogP contribution in [0.3, 0.4) is 0 Å². The summed E-state index contributed by atoms with van der Waals surface area (Å²) in [7, 11) is 0. The van der Waals surface area contributed by atoms with Gasteiger partial charge in [0.2, 0.25) is 5.91 Å². The topological polar surface area (TPSA) is 113 Å². The summed E-state index contributed by atoms with van der Waals surface area (Å²) in [6.07, 6.45) is 3.71. The Bertz CT molecular complexity index is 1340. The molecular formula is C24H27N5O5S2. The van der Waals surface area contributed by atoms with Crippen molar-refractivity contribution in [1.29, 1.82) is 0 Å².